The van der Waals surface area contributed by atoms with Gasteiger partial charge >= 0.3 is 5.97 Å². The average molecular weight is 286 g/mol. The SMILES string of the molecule is CN(C)Cc1cccc(CNc2ncncc2C(=O)O)c1. The van der Waals surface area contributed by atoms with Crippen LogP contribution in [0.2, 0.25) is 0 Å². The Morgan fingerprint density at radius 3 is 2.81 bits per heavy atom. The number of carboxylic acid groups (broad SMARTS) is 1. The quantitative estimate of drug-likeness (QED) is 0.843. The Bertz CT molecular complexity index is 629. The second-order valence-corrected chi connectivity index (χ2v) is 5.00. The van der Waals surface area contributed by atoms with Crippen molar-refractivity contribution < 1.29 is 9.90 Å². The fraction of sp³-hybridized carbons (Fsp3) is 0.267. The molecule has 1 aromatic heterocycles. The molecule has 0 radical (unpaired) electrons. The first-order chi connectivity index (χ1) is 10.1. The lowest BCUT2D eigenvalue weighted by Gasteiger charge is -2.12. The average Bonchev–Trinajstić information content (AvgIpc) is 2.45. The van der Waals surface area contributed by atoms with Gasteiger partial charge in [0.1, 0.15) is 17.7 Å². The van der Waals surface area contributed by atoms with E-state index in [0.29, 0.717) is 12.4 Å². The maximum absolute atomic E-state index is 11.1. The number of hydrogen-bond acceptors (Lipinski definition) is 5. The van der Waals surface area contributed by atoms with E-state index in [1.807, 2.05) is 26.2 Å². The minimum atomic E-state index is -1.04. The lowest BCUT2D eigenvalue weighted by molar-refractivity contribution is 0.0697. The van der Waals surface area contributed by atoms with Crippen molar-refractivity contribution in [1.29, 1.82) is 0 Å². The molecule has 2 N–H and O–H groups in total. The topological polar surface area (TPSA) is 78.3 Å². The van der Waals surface area contributed by atoms with E-state index in [-0.39, 0.29) is 5.56 Å². The minimum Gasteiger partial charge on any atom is -0.477 e. The van der Waals surface area contributed by atoms with Gasteiger partial charge in [-0.05, 0) is 25.2 Å². The Morgan fingerprint density at radius 1 is 1.33 bits per heavy atom. The second kappa shape index (κ2) is 6.81. The molecule has 2 rings (SSSR count). The van der Waals surface area contributed by atoms with Gasteiger partial charge in [-0.1, -0.05) is 24.3 Å². The van der Waals surface area contributed by atoms with Crippen LogP contribution in [0.5, 0.6) is 0 Å². The van der Waals surface area contributed by atoms with Gasteiger partial charge in [0, 0.05) is 19.3 Å². The molecule has 0 aliphatic carbocycles. The Hall–Kier alpha value is -2.47. The van der Waals surface area contributed by atoms with Crippen molar-refractivity contribution in [1.82, 2.24) is 14.9 Å². The summed E-state index contributed by atoms with van der Waals surface area (Å²) in [4.78, 5) is 20.9. The van der Waals surface area contributed by atoms with Gasteiger partial charge in [0.05, 0.1) is 0 Å². The van der Waals surface area contributed by atoms with Gasteiger partial charge in [0.2, 0.25) is 0 Å². The van der Waals surface area contributed by atoms with Crippen LogP contribution in [0.3, 0.4) is 0 Å². The number of carbonyl (C=O) groups is 1. The Morgan fingerprint density at radius 2 is 2.10 bits per heavy atom. The van der Waals surface area contributed by atoms with Gasteiger partial charge in [-0.3, -0.25) is 0 Å². The first-order valence-electron chi connectivity index (χ1n) is 6.56. The first-order valence-corrected chi connectivity index (χ1v) is 6.56. The van der Waals surface area contributed by atoms with Crippen LogP contribution in [0.15, 0.2) is 36.8 Å². The molecule has 1 aromatic carbocycles. The Kier molecular flexibility index (Phi) is 4.84. The number of hydrogen-bond donors (Lipinski definition) is 2. The molecule has 0 spiro atoms. The summed E-state index contributed by atoms with van der Waals surface area (Å²) >= 11 is 0. The monoisotopic (exact) mass is 286 g/mol. The fourth-order valence-electron chi connectivity index (χ4n) is 2.02. The molecule has 0 unspecified atom stereocenters. The normalized spacial score (nSPS) is 10.6. The van der Waals surface area contributed by atoms with Gasteiger partial charge in [-0.25, -0.2) is 14.8 Å². The predicted octanol–water partition coefficient (Wildman–Crippen LogP) is 1.85. The molecule has 110 valence electrons. The highest BCUT2D eigenvalue weighted by Crippen LogP contribution is 2.13. The van der Waals surface area contributed by atoms with Crippen molar-refractivity contribution in [3.05, 3.63) is 53.5 Å². The molecule has 0 bridgehead atoms. The molecule has 0 atom stereocenters. The summed E-state index contributed by atoms with van der Waals surface area (Å²) < 4.78 is 0. The molecule has 0 saturated heterocycles. The van der Waals surface area contributed by atoms with Crippen LogP contribution >= 0.6 is 0 Å². The van der Waals surface area contributed by atoms with Crippen molar-refractivity contribution in [3.8, 4) is 0 Å². The lowest BCUT2D eigenvalue weighted by atomic mass is 10.1. The molecule has 21 heavy (non-hydrogen) atoms. The predicted molar refractivity (Wildman–Crippen MR) is 80.2 cm³/mol. The molecule has 0 fully saturated rings. The van der Waals surface area contributed by atoms with Gasteiger partial charge in [-0.15, -0.1) is 0 Å². The van der Waals surface area contributed by atoms with Crippen molar-refractivity contribution in [2.24, 2.45) is 0 Å². The smallest absolute Gasteiger partial charge is 0.341 e. The van der Waals surface area contributed by atoms with E-state index in [1.165, 1.54) is 18.1 Å². The van der Waals surface area contributed by atoms with Crippen molar-refractivity contribution in [3.63, 3.8) is 0 Å². The Labute approximate surface area is 123 Å². The van der Waals surface area contributed by atoms with E-state index < -0.39 is 5.97 Å². The highest BCUT2D eigenvalue weighted by molar-refractivity contribution is 5.92. The molecular formula is C15H18N4O2. The zero-order chi connectivity index (χ0) is 15.2. The summed E-state index contributed by atoms with van der Waals surface area (Å²) in [6.07, 6.45) is 2.62. The van der Waals surface area contributed by atoms with Gasteiger partial charge in [0.25, 0.3) is 0 Å². The zero-order valence-electron chi connectivity index (χ0n) is 12.1. The van der Waals surface area contributed by atoms with Crippen molar-refractivity contribution in [2.75, 3.05) is 19.4 Å². The van der Waals surface area contributed by atoms with E-state index in [9.17, 15) is 4.79 Å². The third-order valence-electron chi connectivity index (χ3n) is 2.89. The molecule has 6 heteroatoms. The maximum atomic E-state index is 11.1. The number of nitrogens with zero attached hydrogens (tertiary/aromatic N) is 3. The van der Waals surface area contributed by atoms with Crippen LogP contribution in [0, 0.1) is 0 Å². The van der Waals surface area contributed by atoms with Gasteiger partial charge < -0.3 is 15.3 Å². The van der Waals surface area contributed by atoms with E-state index in [1.54, 1.807) is 0 Å². The third-order valence-corrected chi connectivity index (χ3v) is 2.89. The lowest BCUT2D eigenvalue weighted by Crippen LogP contribution is -2.11. The second-order valence-electron chi connectivity index (χ2n) is 5.00. The highest BCUT2D eigenvalue weighted by Gasteiger charge is 2.10. The van der Waals surface area contributed by atoms with E-state index >= 15 is 0 Å². The maximum Gasteiger partial charge on any atom is 0.341 e. The largest absolute Gasteiger partial charge is 0.477 e. The molecule has 6 nitrogen and oxygen atoms in total. The molecule has 0 aliphatic heterocycles. The number of aromatic nitrogens is 2. The molecule has 1 heterocycles. The molecule has 0 aliphatic rings. The molecule has 0 saturated carbocycles. The summed E-state index contributed by atoms with van der Waals surface area (Å²) in [6.45, 7) is 1.38. The third kappa shape index (κ3) is 4.25. The first kappa shape index (κ1) is 14.9. The van der Waals surface area contributed by atoms with Gasteiger partial charge in [0.15, 0.2) is 0 Å². The van der Waals surface area contributed by atoms with Crippen LogP contribution < -0.4 is 5.32 Å². The van der Waals surface area contributed by atoms with Crippen LogP contribution in [0.4, 0.5) is 5.82 Å². The fourth-order valence-corrected chi connectivity index (χ4v) is 2.02. The Balaban J connectivity index is 2.08. The number of carboxylic acids is 1. The summed E-state index contributed by atoms with van der Waals surface area (Å²) in [5.74, 6) is -0.713. The number of nitrogens with one attached hydrogen (secondary N) is 1. The zero-order valence-corrected chi connectivity index (χ0v) is 12.1. The number of rotatable bonds is 6. The van der Waals surface area contributed by atoms with Crippen molar-refractivity contribution in [2.45, 2.75) is 13.1 Å². The summed E-state index contributed by atoms with van der Waals surface area (Å²) in [7, 11) is 4.04. The minimum absolute atomic E-state index is 0.0712. The number of anilines is 1. The summed E-state index contributed by atoms with van der Waals surface area (Å²) in [5, 5.41) is 12.1. The van der Waals surface area contributed by atoms with Crippen LogP contribution in [-0.4, -0.2) is 40.0 Å². The van der Waals surface area contributed by atoms with Crippen molar-refractivity contribution >= 4 is 11.8 Å². The molecular weight excluding hydrogens is 268 g/mol. The van der Waals surface area contributed by atoms with Crippen LogP contribution in [0.1, 0.15) is 21.5 Å². The van der Waals surface area contributed by atoms with E-state index in [0.717, 1.165) is 12.1 Å². The summed E-state index contributed by atoms with van der Waals surface area (Å²) in [6, 6.07) is 8.15. The van der Waals surface area contributed by atoms with Gasteiger partial charge in [-0.2, -0.15) is 0 Å². The summed E-state index contributed by atoms with van der Waals surface area (Å²) in [5.41, 5.74) is 2.35. The standard InChI is InChI=1S/C15H18N4O2/c1-19(2)9-12-5-3-4-11(6-12)7-17-14-13(15(20)21)8-16-10-18-14/h3-6,8,10H,7,9H2,1-2H3,(H,20,21)(H,16,17,18). The van der Waals surface area contributed by atoms with E-state index in [4.69, 9.17) is 5.11 Å². The highest BCUT2D eigenvalue weighted by atomic mass is 16.4. The number of benzene rings is 1. The number of aromatic carboxylic acids is 1. The van der Waals surface area contributed by atoms with Crippen LogP contribution in [0.25, 0.3) is 0 Å². The van der Waals surface area contributed by atoms with Crippen LogP contribution in [-0.2, 0) is 13.1 Å². The molecule has 2 aromatic rings. The molecule has 0 amide bonds. The van der Waals surface area contributed by atoms with E-state index in [2.05, 4.69) is 32.3 Å².